The van der Waals surface area contributed by atoms with Gasteiger partial charge in [0.1, 0.15) is 5.75 Å². The number of hydrogen-bond acceptors (Lipinski definition) is 4. The molecule has 1 saturated carbocycles. The van der Waals surface area contributed by atoms with Gasteiger partial charge in [0.15, 0.2) is 0 Å². The fraction of sp³-hybridized carbons (Fsp3) is 0.444. The summed E-state index contributed by atoms with van der Waals surface area (Å²) < 4.78 is 5.55. The molecule has 2 aromatic carbocycles. The van der Waals surface area contributed by atoms with E-state index < -0.39 is 5.97 Å². The third kappa shape index (κ3) is 4.08. The van der Waals surface area contributed by atoms with Gasteiger partial charge in [-0.1, -0.05) is 45.9 Å². The number of ether oxygens (including phenoxy) is 1. The molecule has 2 aliphatic rings. The van der Waals surface area contributed by atoms with Gasteiger partial charge in [-0.2, -0.15) is 0 Å². The lowest BCUT2D eigenvalue weighted by atomic mass is 9.76. The lowest BCUT2D eigenvalue weighted by Crippen LogP contribution is -2.31. The summed E-state index contributed by atoms with van der Waals surface area (Å²) in [7, 11) is 0. The molecule has 1 saturated heterocycles. The molecule has 5 heteroatoms. The van der Waals surface area contributed by atoms with Crippen LogP contribution in [0.2, 0.25) is 0 Å². The van der Waals surface area contributed by atoms with Gasteiger partial charge in [0, 0.05) is 0 Å². The molecule has 2 amide bonds. The van der Waals surface area contributed by atoms with Crippen molar-refractivity contribution in [3.05, 3.63) is 59.7 Å². The largest absolute Gasteiger partial charge is 0.423 e. The highest BCUT2D eigenvalue weighted by Crippen LogP contribution is 2.42. The molecule has 1 aliphatic carbocycles. The van der Waals surface area contributed by atoms with Crippen LogP contribution in [0.3, 0.4) is 0 Å². The number of esters is 1. The van der Waals surface area contributed by atoms with Gasteiger partial charge in [-0.25, -0.2) is 4.79 Å². The summed E-state index contributed by atoms with van der Waals surface area (Å²) in [6.07, 6.45) is 3.47. The van der Waals surface area contributed by atoms with E-state index in [-0.39, 0.29) is 29.1 Å². The first kappa shape index (κ1) is 22.3. The van der Waals surface area contributed by atoms with Crippen molar-refractivity contribution in [1.82, 2.24) is 0 Å². The maximum Gasteiger partial charge on any atom is 0.343 e. The van der Waals surface area contributed by atoms with Gasteiger partial charge >= 0.3 is 5.97 Å². The summed E-state index contributed by atoms with van der Waals surface area (Å²) in [4.78, 5) is 40.0. The van der Waals surface area contributed by atoms with Gasteiger partial charge in [0.2, 0.25) is 11.8 Å². The average Bonchev–Trinajstić information content (AvgIpc) is 3.03. The highest BCUT2D eigenvalue weighted by Gasteiger charge is 2.50. The van der Waals surface area contributed by atoms with E-state index in [0.717, 1.165) is 25.7 Å². The number of amides is 2. The second kappa shape index (κ2) is 8.53. The topological polar surface area (TPSA) is 63.7 Å². The molecule has 3 atom stereocenters. The Kier molecular flexibility index (Phi) is 5.93. The molecule has 2 fully saturated rings. The number of rotatable bonds is 5. The van der Waals surface area contributed by atoms with Crippen molar-refractivity contribution < 1.29 is 19.1 Å². The molecule has 0 bridgehead atoms. The summed E-state index contributed by atoms with van der Waals surface area (Å²) >= 11 is 0. The van der Waals surface area contributed by atoms with Crippen LogP contribution in [-0.4, -0.2) is 17.8 Å². The van der Waals surface area contributed by atoms with Crippen LogP contribution in [0.15, 0.2) is 48.5 Å². The zero-order valence-electron chi connectivity index (χ0n) is 19.3. The van der Waals surface area contributed by atoms with E-state index in [2.05, 4.69) is 27.7 Å². The second-order valence-corrected chi connectivity index (χ2v) is 9.84. The first-order chi connectivity index (χ1) is 15.2. The predicted octanol–water partition coefficient (Wildman–Crippen LogP) is 5.52. The van der Waals surface area contributed by atoms with Crippen molar-refractivity contribution in [2.45, 2.75) is 58.8 Å². The molecule has 0 radical (unpaired) electrons. The molecular weight excluding hydrogens is 402 g/mol. The number of imide groups is 1. The average molecular weight is 434 g/mol. The Morgan fingerprint density at radius 1 is 1.03 bits per heavy atom. The van der Waals surface area contributed by atoms with E-state index >= 15 is 0 Å². The van der Waals surface area contributed by atoms with Gasteiger partial charge < -0.3 is 4.74 Å². The van der Waals surface area contributed by atoms with Crippen molar-refractivity contribution >= 4 is 23.5 Å². The fourth-order valence-corrected chi connectivity index (χ4v) is 4.76. The first-order valence-electron chi connectivity index (χ1n) is 11.5. The molecule has 0 unspecified atom stereocenters. The minimum Gasteiger partial charge on any atom is -0.423 e. The van der Waals surface area contributed by atoms with Crippen LogP contribution >= 0.6 is 0 Å². The number of carbonyl (C=O) groups is 3. The molecule has 1 aliphatic heterocycles. The van der Waals surface area contributed by atoms with Crippen LogP contribution in [0.25, 0.3) is 0 Å². The van der Waals surface area contributed by atoms with E-state index in [0.29, 0.717) is 22.9 Å². The Balaban J connectivity index is 1.51. The summed E-state index contributed by atoms with van der Waals surface area (Å²) in [5.74, 6) is -0.377. The zero-order valence-corrected chi connectivity index (χ0v) is 19.3. The summed E-state index contributed by atoms with van der Waals surface area (Å²) in [6.45, 7) is 8.63. The number of anilines is 1. The molecule has 0 aromatic heterocycles. The normalized spacial score (nSPS) is 23.2. The first-order valence-corrected chi connectivity index (χ1v) is 11.5. The Bertz CT molecular complexity index is 1040. The highest BCUT2D eigenvalue weighted by molar-refractivity contribution is 6.22. The lowest BCUT2D eigenvalue weighted by molar-refractivity contribution is -0.122. The maximum absolute atomic E-state index is 13.0. The fourth-order valence-electron chi connectivity index (χ4n) is 4.76. The molecule has 0 spiro atoms. The van der Waals surface area contributed by atoms with Crippen molar-refractivity contribution in [3.63, 3.8) is 0 Å². The highest BCUT2D eigenvalue weighted by atomic mass is 16.5. The van der Waals surface area contributed by atoms with Crippen LogP contribution in [0, 0.1) is 17.8 Å². The van der Waals surface area contributed by atoms with Crippen LogP contribution in [0.4, 0.5) is 5.69 Å². The van der Waals surface area contributed by atoms with Crippen molar-refractivity contribution in [2.75, 3.05) is 4.90 Å². The Labute approximate surface area is 189 Å². The third-order valence-corrected chi connectivity index (χ3v) is 7.26. The van der Waals surface area contributed by atoms with Gasteiger partial charge in [0.25, 0.3) is 0 Å². The SMILES string of the molecule is CCC(C)(C)c1ccc(OC(=O)c2cccc(N3C(=O)[C@H]4C[C@@H](C)CC[C@H]4C3=O)c2)cc1. The molecule has 4 rings (SSSR count). The van der Waals surface area contributed by atoms with Gasteiger partial charge in [-0.3, -0.25) is 14.5 Å². The Morgan fingerprint density at radius 3 is 2.41 bits per heavy atom. The standard InChI is InChI=1S/C27H31NO4/c1-5-27(3,4)19-10-12-21(13-11-19)32-26(31)18-7-6-8-20(16-18)28-24(29)22-14-9-17(2)15-23(22)25(28)30/h6-8,10-13,16-17,22-23H,5,9,14-15H2,1-4H3/t17-,22+,23-/m0/s1. The van der Waals surface area contributed by atoms with Crippen molar-refractivity contribution in [1.29, 1.82) is 0 Å². The third-order valence-electron chi connectivity index (χ3n) is 7.26. The van der Waals surface area contributed by atoms with Gasteiger partial charge in [-0.15, -0.1) is 0 Å². The number of carbonyl (C=O) groups excluding carboxylic acids is 3. The van der Waals surface area contributed by atoms with E-state index in [9.17, 15) is 14.4 Å². The zero-order chi connectivity index (χ0) is 23.0. The molecule has 32 heavy (non-hydrogen) atoms. The number of fused-ring (bicyclic) bond motifs is 1. The lowest BCUT2D eigenvalue weighted by Gasteiger charge is -2.25. The molecule has 0 N–H and O–H groups in total. The van der Waals surface area contributed by atoms with Crippen molar-refractivity contribution in [3.8, 4) is 5.75 Å². The predicted molar refractivity (Wildman–Crippen MR) is 124 cm³/mol. The summed E-state index contributed by atoms with van der Waals surface area (Å²) in [6, 6.07) is 14.2. The van der Waals surface area contributed by atoms with E-state index in [1.54, 1.807) is 36.4 Å². The second-order valence-electron chi connectivity index (χ2n) is 9.84. The van der Waals surface area contributed by atoms with Crippen LogP contribution in [0.5, 0.6) is 5.75 Å². The maximum atomic E-state index is 13.0. The Morgan fingerprint density at radius 2 is 1.72 bits per heavy atom. The van der Waals surface area contributed by atoms with Crippen LogP contribution in [-0.2, 0) is 15.0 Å². The van der Waals surface area contributed by atoms with E-state index in [1.807, 2.05) is 12.1 Å². The summed E-state index contributed by atoms with van der Waals surface area (Å²) in [5.41, 5.74) is 1.99. The smallest absolute Gasteiger partial charge is 0.343 e. The van der Waals surface area contributed by atoms with Crippen LogP contribution < -0.4 is 9.64 Å². The van der Waals surface area contributed by atoms with E-state index in [4.69, 9.17) is 4.74 Å². The molecule has 168 valence electrons. The quantitative estimate of drug-likeness (QED) is 0.354. The van der Waals surface area contributed by atoms with Crippen LogP contribution in [0.1, 0.15) is 69.3 Å². The Hall–Kier alpha value is -2.95. The van der Waals surface area contributed by atoms with Gasteiger partial charge in [-0.05, 0) is 72.9 Å². The minimum atomic E-state index is -0.514. The van der Waals surface area contributed by atoms with Crippen molar-refractivity contribution in [2.24, 2.45) is 17.8 Å². The number of nitrogens with zero attached hydrogens (tertiary/aromatic N) is 1. The summed E-state index contributed by atoms with van der Waals surface area (Å²) in [5, 5.41) is 0. The molecule has 2 aromatic rings. The monoisotopic (exact) mass is 433 g/mol. The number of hydrogen-bond donors (Lipinski definition) is 0. The molecule has 5 nitrogen and oxygen atoms in total. The minimum absolute atomic E-state index is 0.0562. The molecule has 1 heterocycles. The van der Waals surface area contributed by atoms with Gasteiger partial charge in [0.05, 0.1) is 23.1 Å². The van der Waals surface area contributed by atoms with E-state index in [1.165, 1.54) is 10.5 Å². The number of benzene rings is 2. The molecular formula is C27H31NO4.